The minimum atomic E-state index is 0.588. The summed E-state index contributed by atoms with van der Waals surface area (Å²) in [5.41, 5.74) is 0. The molecule has 1 aromatic heterocycles. The lowest BCUT2D eigenvalue weighted by Crippen LogP contribution is -2.31. The summed E-state index contributed by atoms with van der Waals surface area (Å²) in [6, 6.07) is 0.588. The first-order valence-electron chi connectivity index (χ1n) is 5.27. The summed E-state index contributed by atoms with van der Waals surface area (Å²) in [5.74, 6) is 1.67. The van der Waals surface area contributed by atoms with Crippen molar-refractivity contribution < 1.29 is 0 Å². The van der Waals surface area contributed by atoms with Crippen LogP contribution in [0.25, 0.3) is 0 Å². The Bertz CT molecular complexity index is 230. The van der Waals surface area contributed by atoms with Gasteiger partial charge < -0.3 is 5.32 Å². The number of aromatic nitrogens is 3. The maximum atomic E-state index is 4.07. The number of aryl methyl sites for hydroxylation is 1. The lowest BCUT2D eigenvalue weighted by molar-refractivity contribution is 0.424. The van der Waals surface area contributed by atoms with Gasteiger partial charge in [0.25, 0.3) is 0 Å². The molecular formula is C10H20N4. The first kappa shape index (κ1) is 11.2. The SMILES string of the molecule is CC(C)C(C)NCCCc1ncn[nH]1. The maximum Gasteiger partial charge on any atom is 0.137 e. The quantitative estimate of drug-likeness (QED) is 0.676. The van der Waals surface area contributed by atoms with E-state index in [1.165, 1.54) is 0 Å². The number of hydrogen-bond acceptors (Lipinski definition) is 3. The molecule has 0 amide bonds. The zero-order valence-electron chi connectivity index (χ0n) is 9.25. The van der Waals surface area contributed by atoms with Crippen molar-refractivity contribution in [2.24, 2.45) is 5.92 Å². The van der Waals surface area contributed by atoms with Crippen molar-refractivity contribution in [3.8, 4) is 0 Å². The summed E-state index contributed by atoms with van der Waals surface area (Å²) in [4.78, 5) is 4.07. The van der Waals surface area contributed by atoms with Gasteiger partial charge in [0.15, 0.2) is 0 Å². The Balaban J connectivity index is 2.05. The Morgan fingerprint density at radius 1 is 1.43 bits per heavy atom. The van der Waals surface area contributed by atoms with Gasteiger partial charge in [0.05, 0.1) is 0 Å². The number of rotatable bonds is 6. The molecule has 2 N–H and O–H groups in total. The lowest BCUT2D eigenvalue weighted by atomic mass is 10.1. The van der Waals surface area contributed by atoms with E-state index in [0.29, 0.717) is 12.0 Å². The highest BCUT2D eigenvalue weighted by molar-refractivity contribution is 4.79. The molecule has 0 fully saturated rings. The van der Waals surface area contributed by atoms with E-state index in [1.54, 1.807) is 6.33 Å². The van der Waals surface area contributed by atoms with Gasteiger partial charge in [-0.15, -0.1) is 0 Å². The van der Waals surface area contributed by atoms with Crippen LogP contribution in [0.1, 0.15) is 33.0 Å². The number of aromatic amines is 1. The molecule has 1 rings (SSSR count). The van der Waals surface area contributed by atoms with Gasteiger partial charge >= 0.3 is 0 Å². The van der Waals surface area contributed by atoms with E-state index >= 15 is 0 Å². The number of nitrogens with zero attached hydrogens (tertiary/aromatic N) is 2. The Morgan fingerprint density at radius 2 is 2.21 bits per heavy atom. The highest BCUT2D eigenvalue weighted by atomic mass is 15.2. The van der Waals surface area contributed by atoms with Crippen LogP contribution in [0.3, 0.4) is 0 Å². The average molecular weight is 196 g/mol. The normalized spacial score (nSPS) is 13.4. The zero-order valence-corrected chi connectivity index (χ0v) is 9.25. The third kappa shape index (κ3) is 3.87. The molecule has 0 aromatic carbocycles. The van der Waals surface area contributed by atoms with E-state index in [0.717, 1.165) is 25.2 Å². The molecule has 0 spiro atoms. The van der Waals surface area contributed by atoms with Crippen molar-refractivity contribution in [1.29, 1.82) is 0 Å². The largest absolute Gasteiger partial charge is 0.314 e. The van der Waals surface area contributed by atoms with E-state index in [1.807, 2.05) is 0 Å². The molecule has 0 aliphatic heterocycles. The molecule has 1 heterocycles. The number of H-pyrrole nitrogens is 1. The van der Waals surface area contributed by atoms with Crippen LogP contribution in [0.4, 0.5) is 0 Å². The fraction of sp³-hybridized carbons (Fsp3) is 0.800. The third-order valence-corrected chi connectivity index (χ3v) is 2.52. The van der Waals surface area contributed by atoms with Gasteiger partial charge in [-0.25, -0.2) is 4.98 Å². The van der Waals surface area contributed by atoms with Gasteiger partial charge in [-0.2, -0.15) is 5.10 Å². The molecule has 0 radical (unpaired) electrons. The van der Waals surface area contributed by atoms with Crippen LogP contribution in [-0.4, -0.2) is 27.8 Å². The summed E-state index contributed by atoms with van der Waals surface area (Å²) >= 11 is 0. The first-order chi connectivity index (χ1) is 6.70. The molecule has 1 unspecified atom stereocenters. The average Bonchev–Trinajstić information content (AvgIpc) is 2.64. The topological polar surface area (TPSA) is 53.6 Å². The Hall–Kier alpha value is -0.900. The highest BCUT2D eigenvalue weighted by Crippen LogP contribution is 2.00. The standard InChI is InChI=1S/C10H20N4/c1-8(2)9(3)11-6-4-5-10-12-7-13-14-10/h7-9,11H,4-6H2,1-3H3,(H,12,13,14). The third-order valence-electron chi connectivity index (χ3n) is 2.52. The van der Waals surface area contributed by atoms with E-state index in [4.69, 9.17) is 0 Å². The summed E-state index contributed by atoms with van der Waals surface area (Å²) in [6.45, 7) is 7.72. The summed E-state index contributed by atoms with van der Waals surface area (Å²) < 4.78 is 0. The molecule has 0 saturated carbocycles. The van der Waals surface area contributed by atoms with Crippen LogP contribution in [-0.2, 0) is 6.42 Å². The van der Waals surface area contributed by atoms with Gasteiger partial charge in [0, 0.05) is 12.5 Å². The number of hydrogen-bond donors (Lipinski definition) is 2. The molecule has 80 valence electrons. The first-order valence-corrected chi connectivity index (χ1v) is 5.27. The van der Waals surface area contributed by atoms with Crippen molar-refractivity contribution in [2.45, 2.75) is 39.7 Å². The van der Waals surface area contributed by atoms with Crippen LogP contribution >= 0.6 is 0 Å². The van der Waals surface area contributed by atoms with Crippen LogP contribution in [0.15, 0.2) is 6.33 Å². The second-order valence-corrected chi connectivity index (χ2v) is 4.02. The van der Waals surface area contributed by atoms with Gasteiger partial charge in [0.2, 0.25) is 0 Å². The summed E-state index contributed by atoms with van der Waals surface area (Å²) in [5, 5.41) is 10.1. The number of nitrogens with one attached hydrogen (secondary N) is 2. The van der Waals surface area contributed by atoms with Crippen molar-refractivity contribution in [3.63, 3.8) is 0 Å². The fourth-order valence-corrected chi connectivity index (χ4v) is 1.17. The molecule has 4 heteroatoms. The van der Waals surface area contributed by atoms with Crippen molar-refractivity contribution in [1.82, 2.24) is 20.5 Å². The molecule has 0 aliphatic rings. The van der Waals surface area contributed by atoms with Gasteiger partial charge in [-0.1, -0.05) is 13.8 Å². The van der Waals surface area contributed by atoms with E-state index in [2.05, 4.69) is 41.3 Å². The molecule has 4 nitrogen and oxygen atoms in total. The summed E-state index contributed by atoms with van der Waals surface area (Å²) in [6.07, 6.45) is 3.63. The van der Waals surface area contributed by atoms with Gasteiger partial charge in [0.1, 0.15) is 12.2 Å². The fourth-order valence-electron chi connectivity index (χ4n) is 1.17. The summed E-state index contributed by atoms with van der Waals surface area (Å²) in [7, 11) is 0. The molecular weight excluding hydrogens is 176 g/mol. The molecule has 0 aliphatic carbocycles. The van der Waals surface area contributed by atoms with Gasteiger partial charge in [-0.05, 0) is 25.8 Å². The van der Waals surface area contributed by atoms with E-state index in [-0.39, 0.29) is 0 Å². The predicted molar refractivity (Wildman–Crippen MR) is 57.0 cm³/mol. The van der Waals surface area contributed by atoms with Crippen molar-refractivity contribution >= 4 is 0 Å². The molecule has 14 heavy (non-hydrogen) atoms. The Labute approximate surface area is 85.5 Å². The van der Waals surface area contributed by atoms with Gasteiger partial charge in [-0.3, -0.25) is 5.10 Å². The molecule has 1 atom stereocenters. The monoisotopic (exact) mass is 196 g/mol. The minimum Gasteiger partial charge on any atom is -0.314 e. The highest BCUT2D eigenvalue weighted by Gasteiger charge is 2.04. The zero-order chi connectivity index (χ0) is 10.4. The van der Waals surface area contributed by atoms with E-state index < -0.39 is 0 Å². The second-order valence-electron chi connectivity index (χ2n) is 4.02. The van der Waals surface area contributed by atoms with Crippen LogP contribution < -0.4 is 5.32 Å². The Morgan fingerprint density at radius 3 is 2.79 bits per heavy atom. The van der Waals surface area contributed by atoms with Crippen molar-refractivity contribution in [2.75, 3.05) is 6.54 Å². The smallest absolute Gasteiger partial charge is 0.137 e. The predicted octanol–water partition coefficient (Wildman–Crippen LogP) is 1.37. The molecule has 1 aromatic rings. The Kier molecular flexibility index (Phi) is 4.59. The minimum absolute atomic E-state index is 0.588. The van der Waals surface area contributed by atoms with Crippen molar-refractivity contribution in [3.05, 3.63) is 12.2 Å². The van der Waals surface area contributed by atoms with Crippen LogP contribution in [0.5, 0.6) is 0 Å². The van der Waals surface area contributed by atoms with E-state index in [9.17, 15) is 0 Å². The maximum absolute atomic E-state index is 4.07. The van der Waals surface area contributed by atoms with Crippen LogP contribution in [0, 0.1) is 5.92 Å². The lowest BCUT2D eigenvalue weighted by Gasteiger charge is -2.16. The second kappa shape index (κ2) is 5.75. The van der Waals surface area contributed by atoms with Crippen LogP contribution in [0.2, 0.25) is 0 Å². The molecule has 0 saturated heterocycles. The molecule has 0 bridgehead atoms.